The SMILES string of the molecule is CC(=O)Nc1cc(S(=O)(=O)N2CC[C@@H](N)C2)ccc1C.Cl. The average molecular weight is 334 g/mol. The van der Waals surface area contributed by atoms with E-state index in [2.05, 4.69) is 5.32 Å². The van der Waals surface area contributed by atoms with Crippen LogP contribution >= 0.6 is 12.4 Å². The molecule has 1 aliphatic rings. The number of sulfonamides is 1. The summed E-state index contributed by atoms with van der Waals surface area (Å²) in [5.74, 6) is -0.231. The zero-order valence-electron chi connectivity index (χ0n) is 12.0. The van der Waals surface area contributed by atoms with Gasteiger partial charge in [-0.15, -0.1) is 12.4 Å². The van der Waals surface area contributed by atoms with Crippen molar-refractivity contribution >= 4 is 34.0 Å². The molecule has 1 atom stereocenters. The van der Waals surface area contributed by atoms with Crippen LogP contribution in [0, 0.1) is 6.92 Å². The molecule has 3 N–H and O–H groups in total. The van der Waals surface area contributed by atoms with Crippen LogP contribution in [0.2, 0.25) is 0 Å². The molecule has 1 aromatic rings. The third-order valence-electron chi connectivity index (χ3n) is 3.34. The second-order valence-electron chi connectivity index (χ2n) is 5.07. The molecule has 1 amide bonds. The Balaban J connectivity index is 0.00000220. The van der Waals surface area contributed by atoms with Crippen molar-refractivity contribution in [2.75, 3.05) is 18.4 Å². The Kier molecular flexibility index (Phi) is 5.75. The van der Waals surface area contributed by atoms with E-state index in [1.165, 1.54) is 17.3 Å². The van der Waals surface area contributed by atoms with Gasteiger partial charge in [-0.25, -0.2) is 8.42 Å². The number of nitrogens with zero attached hydrogens (tertiary/aromatic N) is 1. The summed E-state index contributed by atoms with van der Waals surface area (Å²) < 4.78 is 26.4. The number of hydrogen-bond acceptors (Lipinski definition) is 4. The minimum atomic E-state index is -3.54. The lowest BCUT2D eigenvalue weighted by atomic mass is 10.2. The van der Waals surface area contributed by atoms with E-state index in [-0.39, 0.29) is 29.3 Å². The molecule has 8 heteroatoms. The molecular formula is C13H20ClN3O3S. The molecule has 0 aliphatic carbocycles. The van der Waals surface area contributed by atoms with Crippen molar-refractivity contribution in [2.45, 2.75) is 31.2 Å². The minimum absolute atomic E-state index is 0. The first-order chi connectivity index (χ1) is 9.30. The summed E-state index contributed by atoms with van der Waals surface area (Å²) in [5.41, 5.74) is 7.09. The zero-order chi connectivity index (χ0) is 14.9. The van der Waals surface area contributed by atoms with Gasteiger partial charge in [0, 0.05) is 31.7 Å². The van der Waals surface area contributed by atoms with Crippen LogP contribution in [0.1, 0.15) is 18.9 Å². The Morgan fingerprint density at radius 3 is 2.62 bits per heavy atom. The Morgan fingerprint density at radius 2 is 2.10 bits per heavy atom. The molecule has 0 radical (unpaired) electrons. The second kappa shape index (κ2) is 6.74. The van der Waals surface area contributed by atoms with Gasteiger partial charge >= 0.3 is 0 Å². The molecule has 1 heterocycles. The molecule has 1 aliphatic heterocycles. The third-order valence-corrected chi connectivity index (χ3v) is 5.21. The number of hydrogen-bond donors (Lipinski definition) is 2. The van der Waals surface area contributed by atoms with Gasteiger partial charge < -0.3 is 11.1 Å². The molecule has 6 nitrogen and oxygen atoms in total. The van der Waals surface area contributed by atoms with Gasteiger partial charge in [0.2, 0.25) is 15.9 Å². The summed E-state index contributed by atoms with van der Waals surface area (Å²) in [4.78, 5) is 11.3. The number of rotatable bonds is 3. The van der Waals surface area contributed by atoms with Crippen molar-refractivity contribution < 1.29 is 13.2 Å². The van der Waals surface area contributed by atoms with Crippen molar-refractivity contribution in [3.63, 3.8) is 0 Å². The molecular weight excluding hydrogens is 314 g/mol. The molecule has 0 spiro atoms. The quantitative estimate of drug-likeness (QED) is 0.866. The average Bonchev–Trinajstić information content (AvgIpc) is 2.78. The molecule has 1 saturated heterocycles. The lowest BCUT2D eigenvalue weighted by Crippen LogP contribution is -2.32. The van der Waals surface area contributed by atoms with Crippen LogP contribution in [0.25, 0.3) is 0 Å². The van der Waals surface area contributed by atoms with E-state index in [1.807, 2.05) is 6.92 Å². The summed E-state index contributed by atoms with van der Waals surface area (Å²) in [5, 5.41) is 2.64. The van der Waals surface area contributed by atoms with Gasteiger partial charge in [0.25, 0.3) is 0 Å². The molecule has 1 aromatic carbocycles. The first-order valence-electron chi connectivity index (χ1n) is 6.44. The highest BCUT2D eigenvalue weighted by Crippen LogP contribution is 2.25. The van der Waals surface area contributed by atoms with Crippen LogP contribution in [0.4, 0.5) is 5.69 Å². The van der Waals surface area contributed by atoms with Gasteiger partial charge in [-0.1, -0.05) is 6.07 Å². The first kappa shape index (κ1) is 17.9. The van der Waals surface area contributed by atoms with E-state index in [9.17, 15) is 13.2 Å². The Morgan fingerprint density at radius 1 is 1.43 bits per heavy atom. The monoisotopic (exact) mass is 333 g/mol. The normalized spacial score (nSPS) is 19.1. The van der Waals surface area contributed by atoms with Crippen LogP contribution in [0.5, 0.6) is 0 Å². The Bertz CT molecular complexity index is 634. The van der Waals surface area contributed by atoms with E-state index in [0.29, 0.717) is 25.2 Å². The smallest absolute Gasteiger partial charge is 0.243 e. The zero-order valence-corrected chi connectivity index (χ0v) is 13.6. The third kappa shape index (κ3) is 3.94. The van der Waals surface area contributed by atoms with Crippen LogP contribution in [0.3, 0.4) is 0 Å². The Hall–Kier alpha value is -1.15. The highest BCUT2D eigenvalue weighted by molar-refractivity contribution is 7.89. The van der Waals surface area contributed by atoms with Crippen molar-refractivity contribution in [1.29, 1.82) is 0 Å². The van der Waals surface area contributed by atoms with Gasteiger partial charge in [0.05, 0.1) is 4.90 Å². The Labute approximate surface area is 131 Å². The summed E-state index contributed by atoms with van der Waals surface area (Å²) in [6.45, 7) is 3.98. The van der Waals surface area contributed by atoms with E-state index in [0.717, 1.165) is 5.56 Å². The predicted octanol–water partition coefficient (Wildman–Crippen LogP) is 1.10. The fourth-order valence-corrected chi connectivity index (χ4v) is 3.75. The number of benzene rings is 1. The molecule has 0 aromatic heterocycles. The topological polar surface area (TPSA) is 92.5 Å². The lowest BCUT2D eigenvalue weighted by molar-refractivity contribution is -0.114. The van der Waals surface area contributed by atoms with Crippen LogP contribution in [-0.4, -0.2) is 37.8 Å². The van der Waals surface area contributed by atoms with Gasteiger partial charge in [-0.05, 0) is 31.0 Å². The number of anilines is 1. The number of nitrogens with two attached hydrogens (primary N) is 1. The predicted molar refractivity (Wildman–Crippen MR) is 84.1 cm³/mol. The molecule has 1 fully saturated rings. The standard InChI is InChI=1S/C13H19N3O3S.ClH/c1-9-3-4-12(7-13(9)15-10(2)17)20(18,19)16-6-5-11(14)8-16;/h3-4,7,11H,5-6,8,14H2,1-2H3,(H,15,17);1H/t11-;/m1./s1. The summed E-state index contributed by atoms with van der Waals surface area (Å²) >= 11 is 0. The number of nitrogens with one attached hydrogen (secondary N) is 1. The van der Waals surface area contributed by atoms with Crippen LogP contribution in [-0.2, 0) is 14.8 Å². The maximum atomic E-state index is 12.5. The number of aryl methyl sites for hydroxylation is 1. The van der Waals surface area contributed by atoms with Gasteiger partial charge in [0.15, 0.2) is 0 Å². The van der Waals surface area contributed by atoms with E-state index in [4.69, 9.17) is 5.73 Å². The molecule has 2 rings (SSSR count). The lowest BCUT2D eigenvalue weighted by Gasteiger charge is -2.17. The molecule has 118 valence electrons. The van der Waals surface area contributed by atoms with E-state index in [1.54, 1.807) is 12.1 Å². The van der Waals surface area contributed by atoms with Crippen molar-refractivity contribution in [3.8, 4) is 0 Å². The summed E-state index contributed by atoms with van der Waals surface area (Å²) in [6.07, 6.45) is 0.670. The maximum absolute atomic E-state index is 12.5. The maximum Gasteiger partial charge on any atom is 0.243 e. The van der Waals surface area contributed by atoms with Crippen LogP contribution in [0.15, 0.2) is 23.1 Å². The van der Waals surface area contributed by atoms with E-state index >= 15 is 0 Å². The minimum Gasteiger partial charge on any atom is -0.326 e. The van der Waals surface area contributed by atoms with Gasteiger partial charge in [0.1, 0.15) is 0 Å². The van der Waals surface area contributed by atoms with Crippen molar-refractivity contribution in [3.05, 3.63) is 23.8 Å². The van der Waals surface area contributed by atoms with Crippen LogP contribution < -0.4 is 11.1 Å². The number of carbonyl (C=O) groups excluding carboxylic acids is 1. The molecule has 0 unspecified atom stereocenters. The van der Waals surface area contributed by atoms with Crippen molar-refractivity contribution in [1.82, 2.24) is 4.31 Å². The largest absolute Gasteiger partial charge is 0.326 e. The number of halogens is 1. The number of amides is 1. The molecule has 0 bridgehead atoms. The summed E-state index contributed by atoms with van der Waals surface area (Å²) in [6, 6.07) is 4.63. The van der Waals surface area contributed by atoms with E-state index < -0.39 is 10.0 Å². The highest BCUT2D eigenvalue weighted by Gasteiger charge is 2.31. The fraction of sp³-hybridized carbons (Fsp3) is 0.462. The fourth-order valence-electron chi connectivity index (χ4n) is 2.21. The molecule has 21 heavy (non-hydrogen) atoms. The van der Waals surface area contributed by atoms with Gasteiger partial charge in [-0.2, -0.15) is 4.31 Å². The number of carbonyl (C=O) groups is 1. The highest BCUT2D eigenvalue weighted by atomic mass is 35.5. The first-order valence-corrected chi connectivity index (χ1v) is 7.88. The van der Waals surface area contributed by atoms with Gasteiger partial charge in [-0.3, -0.25) is 4.79 Å². The summed E-state index contributed by atoms with van der Waals surface area (Å²) in [7, 11) is -3.54. The second-order valence-corrected chi connectivity index (χ2v) is 7.01. The van der Waals surface area contributed by atoms with Crippen molar-refractivity contribution in [2.24, 2.45) is 5.73 Å². The molecule has 0 saturated carbocycles.